The number of ether oxygens (including phenoxy) is 1. The van der Waals surface area contributed by atoms with Crippen molar-refractivity contribution >= 4 is 5.78 Å². The molecule has 2 atom stereocenters. The molecule has 2 saturated heterocycles. The molecule has 2 aliphatic heterocycles. The molecule has 0 radical (unpaired) electrons. The Hall–Kier alpha value is -0.830. The van der Waals surface area contributed by atoms with Crippen molar-refractivity contribution in [1.29, 1.82) is 0 Å². The smallest absolute Gasteiger partial charge is 0.193 e. The van der Waals surface area contributed by atoms with E-state index >= 15 is 0 Å². The minimum atomic E-state index is -0.715. The lowest BCUT2D eigenvalue weighted by atomic mass is 9.65. The van der Waals surface area contributed by atoms with Crippen molar-refractivity contribution in [3.8, 4) is 0 Å². The fourth-order valence-corrected chi connectivity index (χ4v) is 2.77. The summed E-state index contributed by atoms with van der Waals surface area (Å²) in [5, 5.41) is 9.09. The molecule has 1 aliphatic carbocycles. The second-order valence-corrected chi connectivity index (χ2v) is 4.94. The van der Waals surface area contributed by atoms with Gasteiger partial charge in [0.05, 0.1) is 11.9 Å². The highest BCUT2D eigenvalue weighted by atomic mass is 16.5. The van der Waals surface area contributed by atoms with E-state index in [0.717, 1.165) is 19.1 Å². The van der Waals surface area contributed by atoms with E-state index in [-0.39, 0.29) is 17.3 Å². The Labute approximate surface area is 83.8 Å². The lowest BCUT2D eigenvalue weighted by Gasteiger charge is -2.53. The lowest BCUT2D eigenvalue weighted by Crippen LogP contribution is -2.60. The van der Waals surface area contributed by atoms with E-state index in [2.05, 4.69) is 0 Å². The highest BCUT2D eigenvalue weighted by Gasteiger charge is 2.56. The Morgan fingerprint density at radius 1 is 1.50 bits per heavy atom. The lowest BCUT2D eigenvalue weighted by molar-refractivity contribution is -0.206. The summed E-state index contributed by atoms with van der Waals surface area (Å²) in [4.78, 5) is 11.9. The van der Waals surface area contributed by atoms with Crippen LogP contribution in [0.25, 0.3) is 0 Å². The van der Waals surface area contributed by atoms with Gasteiger partial charge >= 0.3 is 0 Å². The van der Waals surface area contributed by atoms with Gasteiger partial charge in [0.25, 0.3) is 0 Å². The molecule has 0 spiro atoms. The van der Waals surface area contributed by atoms with Crippen LogP contribution < -0.4 is 0 Å². The van der Waals surface area contributed by atoms with Gasteiger partial charge in [-0.05, 0) is 33.6 Å². The minimum absolute atomic E-state index is 0.0434. The van der Waals surface area contributed by atoms with Crippen LogP contribution in [0.4, 0.5) is 0 Å². The Bertz CT molecular complexity index is 316. The fourth-order valence-electron chi connectivity index (χ4n) is 2.77. The zero-order valence-corrected chi connectivity index (χ0v) is 8.83. The maximum absolute atomic E-state index is 11.9. The van der Waals surface area contributed by atoms with Gasteiger partial charge < -0.3 is 9.84 Å². The van der Waals surface area contributed by atoms with E-state index in [4.69, 9.17) is 9.84 Å². The molecule has 3 aliphatic rings. The zero-order chi connectivity index (χ0) is 10.6. The van der Waals surface area contributed by atoms with E-state index in [1.54, 1.807) is 0 Å². The molecule has 3 heteroatoms. The van der Waals surface area contributed by atoms with Crippen LogP contribution in [0.3, 0.4) is 0 Å². The van der Waals surface area contributed by atoms with E-state index in [1.165, 1.54) is 0 Å². The minimum Gasteiger partial charge on any atom is -0.515 e. The van der Waals surface area contributed by atoms with Gasteiger partial charge in [-0.1, -0.05) is 0 Å². The Morgan fingerprint density at radius 2 is 2.14 bits per heavy atom. The zero-order valence-electron chi connectivity index (χ0n) is 8.83. The average Bonchev–Trinajstić information content (AvgIpc) is 2.06. The first-order chi connectivity index (χ1) is 6.41. The molecule has 2 bridgehead atoms. The van der Waals surface area contributed by atoms with Crippen LogP contribution >= 0.6 is 0 Å². The number of carbonyl (C=O) groups is 1. The van der Waals surface area contributed by atoms with Crippen LogP contribution in [0.1, 0.15) is 33.6 Å². The average molecular weight is 196 g/mol. The number of rotatable bonds is 0. The third-order valence-electron chi connectivity index (χ3n) is 3.49. The predicted molar refractivity (Wildman–Crippen MR) is 52.0 cm³/mol. The standard InChI is InChI=1S/C11H16O3/c1-10(2)8-4-5-11(3,14-10)9(13)7(8)6-12/h6,8,12H,4-5H2,1-3H3/b7-6-. The van der Waals surface area contributed by atoms with E-state index in [1.807, 2.05) is 20.8 Å². The largest absolute Gasteiger partial charge is 0.515 e. The highest BCUT2D eigenvalue weighted by Crippen LogP contribution is 2.49. The molecule has 14 heavy (non-hydrogen) atoms. The van der Waals surface area contributed by atoms with Gasteiger partial charge in [-0.2, -0.15) is 0 Å². The van der Waals surface area contributed by atoms with Crippen molar-refractivity contribution in [3.05, 3.63) is 11.8 Å². The summed E-state index contributed by atoms with van der Waals surface area (Å²) in [6.45, 7) is 5.77. The van der Waals surface area contributed by atoms with E-state index in [0.29, 0.717) is 5.57 Å². The number of aliphatic hydroxyl groups is 1. The number of Topliss-reactive ketones (excluding diaryl/α,β-unsaturated/α-hetero) is 1. The summed E-state index contributed by atoms with van der Waals surface area (Å²) in [5.74, 6) is -0.00241. The van der Waals surface area contributed by atoms with E-state index in [9.17, 15) is 4.79 Å². The topological polar surface area (TPSA) is 46.5 Å². The molecular weight excluding hydrogens is 180 g/mol. The normalized spacial score (nSPS) is 43.2. The van der Waals surface area contributed by atoms with Gasteiger partial charge in [0, 0.05) is 11.5 Å². The van der Waals surface area contributed by atoms with Crippen molar-refractivity contribution in [1.82, 2.24) is 0 Å². The first-order valence-electron chi connectivity index (χ1n) is 5.00. The third kappa shape index (κ3) is 1.05. The summed E-state index contributed by atoms with van der Waals surface area (Å²) >= 11 is 0. The van der Waals surface area contributed by atoms with Crippen molar-refractivity contribution in [2.24, 2.45) is 5.92 Å². The van der Waals surface area contributed by atoms with Gasteiger partial charge in [-0.3, -0.25) is 4.79 Å². The molecule has 0 aromatic carbocycles. The number of carbonyl (C=O) groups excluding carboxylic acids is 1. The van der Waals surface area contributed by atoms with Crippen LogP contribution in [0.2, 0.25) is 0 Å². The molecule has 2 unspecified atom stereocenters. The Kier molecular flexibility index (Phi) is 1.80. The van der Waals surface area contributed by atoms with Gasteiger partial charge in [0.1, 0.15) is 5.60 Å². The fraction of sp³-hybridized carbons (Fsp3) is 0.727. The maximum Gasteiger partial charge on any atom is 0.193 e. The van der Waals surface area contributed by atoms with Crippen LogP contribution in [0, 0.1) is 5.92 Å². The molecule has 0 aromatic heterocycles. The maximum atomic E-state index is 11.9. The van der Waals surface area contributed by atoms with Gasteiger partial charge in [-0.15, -0.1) is 0 Å². The van der Waals surface area contributed by atoms with E-state index < -0.39 is 5.60 Å². The van der Waals surface area contributed by atoms with Crippen molar-refractivity contribution in [2.45, 2.75) is 44.8 Å². The van der Waals surface area contributed by atoms with Crippen LogP contribution in [0.5, 0.6) is 0 Å². The monoisotopic (exact) mass is 196 g/mol. The molecular formula is C11H16O3. The molecule has 1 saturated carbocycles. The molecule has 3 fully saturated rings. The van der Waals surface area contributed by atoms with Crippen molar-refractivity contribution in [3.63, 3.8) is 0 Å². The molecule has 0 aromatic rings. The molecule has 1 N–H and O–H groups in total. The van der Waals surface area contributed by atoms with Crippen molar-refractivity contribution in [2.75, 3.05) is 0 Å². The molecule has 0 amide bonds. The summed E-state index contributed by atoms with van der Waals surface area (Å²) < 4.78 is 5.80. The molecule has 3 nitrogen and oxygen atoms in total. The number of aliphatic hydroxyl groups excluding tert-OH is 1. The second kappa shape index (κ2) is 2.60. The summed E-state index contributed by atoms with van der Waals surface area (Å²) in [6.07, 6.45) is 2.65. The second-order valence-electron chi connectivity index (χ2n) is 4.94. The third-order valence-corrected chi connectivity index (χ3v) is 3.49. The van der Waals surface area contributed by atoms with Gasteiger partial charge in [0.2, 0.25) is 0 Å². The number of hydrogen-bond donors (Lipinski definition) is 1. The highest BCUT2D eigenvalue weighted by molar-refractivity contribution is 6.03. The van der Waals surface area contributed by atoms with Crippen LogP contribution in [0.15, 0.2) is 11.8 Å². The SMILES string of the molecule is CC12CCC(/C(=C/O)C1=O)C(C)(C)O2. The van der Waals surface area contributed by atoms with Gasteiger partial charge in [0.15, 0.2) is 5.78 Å². The Balaban J connectivity index is 2.48. The summed E-state index contributed by atoms with van der Waals surface area (Å²) in [7, 11) is 0. The predicted octanol–water partition coefficient (Wildman–Crippen LogP) is 1.97. The number of fused-ring (bicyclic) bond motifs is 3. The van der Waals surface area contributed by atoms with Crippen LogP contribution in [-0.2, 0) is 9.53 Å². The summed E-state index contributed by atoms with van der Waals surface area (Å²) in [5.41, 5.74) is -0.516. The first-order valence-corrected chi connectivity index (χ1v) is 5.00. The quantitative estimate of drug-likeness (QED) is 0.476. The van der Waals surface area contributed by atoms with Crippen molar-refractivity contribution < 1.29 is 14.6 Å². The molecule has 3 rings (SSSR count). The molecule has 78 valence electrons. The molecule has 2 heterocycles. The Morgan fingerprint density at radius 3 is 2.64 bits per heavy atom. The van der Waals surface area contributed by atoms with Crippen LogP contribution in [-0.4, -0.2) is 22.1 Å². The van der Waals surface area contributed by atoms with Gasteiger partial charge in [-0.25, -0.2) is 0 Å². The first kappa shape index (κ1) is 9.71. The summed E-state index contributed by atoms with van der Waals surface area (Å²) in [6, 6.07) is 0. The number of ketones is 1. The number of hydrogen-bond acceptors (Lipinski definition) is 3.